The van der Waals surface area contributed by atoms with E-state index in [1.165, 1.54) is 26.2 Å². The van der Waals surface area contributed by atoms with Gasteiger partial charge in [-0.3, -0.25) is 4.31 Å². The van der Waals surface area contributed by atoms with Crippen LogP contribution in [-0.4, -0.2) is 65.7 Å². The predicted octanol–water partition coefficient (Wildman–Crippen LogP) is 10.4. The molecular formula is C33H58Br2ClNO6S2Si2. The number of anilines is 1. The van der Waals surface area contributed by atoms with Crippen LogP contribution in [0.4, 0.5) is 5.69 Å². The van der Waals surface area contributed by atoms with Crippen molar-refractivity contribution < 1.29 is 25.7 Å². The molecule has 2 aromatic carbocycles. The first-order valence-corrected chi connectivity index (χ1v) is 27.5. The van der Waals surface area contributed by atoms with Gasteiger partial charge in [0.1, 0.15) is 0 Å². The quantitative estimate of drug-likeness (QED) is 0.127. The first-order valence-electron chi connectivity index (χ1n) is 15.6. The molecule has 0 bridgehead atoms. The Morgan fingerprint density at radius 2 is 1.15 bits per heavy atom. The van der Waals surface area contributed by atoms with E-state index in [1.54, 1.807) is 0 Å². The van der Waals surface area contributed by atoms with E-state index in [1.807, 2.05) is 25.1 Å². The Morgan fingerprint density at radius 1 is 0.745 bits per heavy atom. The molecule has 47 heavy (non-hydrogen) atoms. The molecule has 2 aromatic rings. The Balaban J connectivity index is 0.000000797. The van der Waals surface area contributed by atoms with Crippen LogP contribution in [0.1, 0.15) is 64.7 Å². The summed E-state index contributed by atoms with van der Waals surface area (Å²) in [6.07, 6.45) is 4.36. The monoisotopic (exact) mass is 877 g/mol. The Labute approximate surface area is 310 Å². The number of halogens is 3. The van der Waals surface area contributed by atoms with Crippen molar-refractivity contribution in [3.05, 3.63) is 62.0 Å². The highest BCUT2D eigenvalue weighted by Gasteiger charge is 2.38. The van der Waals surface area contributed by atoms with E-state index in [9.17, 15) is 16.8 Å². The second kappa shape index (κ2) is 18.8. The van der Waals surface area contributed by atoms with Crippen LogP contribution in [0.25, 0.3) is 0 Å². The summed E-state index contributed by atoms with van der Waals surface area (Å²) in [4.78, 5) is 0. The van der Waals surface area contributed by atoms with Crippen molar-refractivity contribution in [2.24, 2.45) is 0 Å². The highest BCUT2D eigenvalue weighted by Crippen LogP contribution is 2.37. The van der Waals surface area contributed by atoms with E-state index in [2.05, 4.69) is 135 Å². The van der Waals surface area contributed by atoms with Crippen LogP contribution in [0.3, 0.4) is 0 Å². The van der Waals surface area contributed by atoms with Crippen molar-refractivity contribution in [2.45, 2.75) is 104 Å². The van der Waals surface area contributed by atoms with Gasteiger partial charge >= 0.3 is 0 Å². The molecule has 7 nitrogen and oxygen atoms in total. The predicted molar refractivity (Wildman–Crippen MR) is 215 cm³/mol. The second-order valence-corrected chi connectivity index (χ2v) is 31.1. The minimum Gasteiger partial charge on any atom is -0.417 e. The number of hydrogen-bond donors (Lipinski definition) is 0. The van der Waals surface area contributed by atoms with Crippen molar-refractivity contribution in [3.8, 4) is 0 Å². The Kier molecular flexibility index (Phi) is 18.7. The molecule has 0 spiro atoms. The maximum atomic E-state index is 12.2. The lowest BCUT2D eigenvalue weighted by atomic mass is 10.1. The maximum Gasteiger partial charge on any atom is 0.232 e. The normalized spacial score (nSPS) is 12.9. The molecule has 272 valence electrons. The number of sulfonamides is 1. The molecule has 0 fully saturated rings. The fourth-order valence-electron chi connectivity index (χ4n) is 3.55. The second-order valence-electron chi connectivity index (χ2n) is 14.9. The topological polar surface area (TPSA) is 90.0 Å². The summed E-state index contributed by atoms with van der Waals surface area (Å²) in [6.45, 7) is 28.0. The van der Waals surface area contributed by atoms with Gasteiger partial charge in [-0.2, -0.15) is 0 Å². The van der Waals surface area contributed by atoms with Gasteiger partial charge in [0.05, 0.1) is 31.4 Å². The SMILES string of the molecule is CS(=O)(=O)Cl.Cc1cc(CCCO[Si](C)(C)C(C)(C)C)ccc1Br.Cc1cc(N(CCO[Si](C)(C)C(C)(C)C)S(C)(=O)=O)ccc1Br. The molecule has 0 saturated heterocycles. The standard InChI is InChI=1S/C16H28BrNO3SSi.C16H27BrOSi.CH3ClO2S/c1-13-12-14(8-9-15(13)17)18(22(5,19)20)10-11-21-23(6,7)16(2,3)4;1-13-12-14(9-10-15(13)17)8-7-11-18-19(5,6)16(2,3)4;1-5(2,3)4/h8-9,12H,10-11H2,1-7H3;9-10,12H,7-8,11H2,1-6H3;1H3. The average molecular weight is 880 g/mol. The third-order valence-electron chi connectivity index (χ3n) is 8.49. The van der Waals surface area contributed by atoms with Gasteiger partial charge in [-0.1, -0.05) is 85.5 Å². The molecule has 0 aromatic heterocycles. The zero-order valence-electron chi connectivity index (χ0n) is 30.8. The molecular weight excluding hydrogens is 822 g/mol. The molecule has 0 radical (unpaired) electrons. The van der Waals surface area contributed by atoms with Crippen molar-refractivity contribution in [1.82, 2.24) is 0 Å². The number of aryl methyl sites for hydroxylation is 3. The summed E-state index contributed by atoms with van der Waals surface area (Å²) in [5.74, 6) is 0. The van der Waals surface area contributed by atoms with Crippen LogP contribution < -0.4 is 4.31 Å². The molecule has 0 aliphatic carbocycles. The Hall–Kier alpha value is -0.256. The average Bonchev–Trinajstić information content (AvgIpc) is 2.86. The van der Waals surface area contributed by atoms with Crippen molar-refractivity contribution >= 4 is 83.9 Å². The number of nitrogens with zero attached hydrogens (tertiary/aromatic N) is 1. The molecule has 2 rings (SSSR count). The molecule has 0 aliphatic rings. The zero-order valence-corrected chi connectivity index (χ0v) is 38.4. The molecule has 0 heterocycles. The van der Waals surface area contributed by atoms with Crippen LogP contribution in [-0.2, 0) is 34.3 Å². The molecule has 0 amide bonds. The van der Waals surface area contributed by atoms with Crippen LogP contribution in [0.5, 0.6) is 0 Å². The van der Waals surface area contributed by atoms with E-state index in [-0.39, 0.29) is 5.04 Å². The number of benzene rings is 2. The molecule has 14 heteroatoms. The third-order valence-corrected chi connectivity index (χ3v) is 20.5. The van der Waals surface area contributed by atoms with Gasteiger partial charge in [0.25, 0.3) is 0 Å². The van der Waals surface area contributed by atoms with Gasteiger partial charge in [0.15, 0.2) is 16.6 Å². The van der Waals surface area contributed by atoms with Gasteiger partial charge in [-0.25, -0.2) is 16.8 Å². The zero-order chi connectivity index (χ0) is 37.2. The van der Waals surface area contributed by atoms with E-state index in [4.69, 9.17) is 8.85 Å². The van der Waals surface area contributed by atoms with Gasteiger partial charge in [-0.05, 0) is 104 Å². The van der Waals surface area contributed by atoms with Gasteiger partial charge in [0.2, 0.25) is 19.1 Å². The molecule has 0 saturated carbocycles. The fourth-order valence-corrected chi connectivity index (χ4v) is 7.07. The van der Waals surface area contributed by atoms with Crippen LogP contribution >= 0.6 is 42.5 Å². The van der Waals surface area contributed by atoms with E-state index < -0.39 is 35.7 Å². The number of hydrogen-bond acceptors (Lipinski definition) is 6. The maximum absolute atomic E-state index is 12.2. The minimum absolute atomic E-state index is 0.108. The largest absolute Gasteiger partial charge is 0.417 e. The van der Waals surface area contributed by atoms with E-state index in [0.29, 0.717) is 23.9 Å². The third kappa shape index (κ3) is 18.5. The van der Waals surface area contributed by atoms with Crippen LogP contribution in [0.15, 0.2) is 45.3 Å². The summed E-state index contributed by atoms with van der Waals surface area (Å²) in [6, 6.07) is 12.2. The highest BCUT2D eigenvalue weighted by molar-refractivity contribution is 9.10. The minimum atomic E-state index is -3.35. The summed E-state index contributed by atoms with van der Waals surface area (Å²) < 4.78 is 59.0. The highest BCUT2D eigenvalue weighted by atomic mass is 79.9. The summed E-state index contributed by atoms with van der Waals surface area (Å²) in [5.41, 5.74) is 4.39. The Morgan fingerprint density at radius 3 is 1.53 bits per heavy atom. The molecule has 0 atom stereocenters. The van der Waals surface area contributed by atoms with Gasteiger partial charge < -0.3 is 8.85 Å². The molecule has 0 aliphatic heterocycles. The smallest absolute Gasteiger partial charge is 0.232 e. The lowest BCUT2D eigenvalue weighted by molar-refractivity contribution is 0.282. The molecule has 0 unspecified atom stereocenters. The number of rotatable bonds is 11. The lowest BCUT2D eigenvalue weighted by Gasteiger charge is -2.36. The summed E-state index contributed by atoms with van der Waals surface area (Å²) in [7, 11) is -5.49. The van der Waals surface area contributed by atoms with E-state index >= 15 is 0 Å². The van der Waals surface area contributed by atoms with E-state index in [0.717, 1.165) is 35.7 Å². The van der Waals surface area contributed by atoms with Crippen molar-refractivity contribution in [2.75, 3.05) is 36.6 Å². The summed E-state index contributed by atoms with van der Waals surface area (Å²) >= 11 is 6.98. The van der Waals surface area contributed by atoms with Crippen LogP contribution in [0.2, 0.25) is 36.3 Å². The van der Waals surface area contributed by atoms with Crippen LogP contribution in [0, 0.1) is 13.8 Å². The summed E-state index contributed by atoms with van der Waals surface area (Å²) in [5, 5.41) is 0.415. The van der Waals surface area contributed by atoms with Crippen molar-refractivity contribution in [3.63, 3.8) is 0 Å². The fraction of sp³-hybridized carbons (Fsp3) is 0.636. The Bertz CT molecular complexity index is 1500. The molecule has 0 N–H and O–H groups in total. The van der Waals surface area contributed by atoms with Gasteiger partial charge in [-0.15, -0.1) is 0 Å². The first-order chi connectivity index (χ1) is 20.9. The van der Waals surface area contributed by atoms with Gasteiger partial charge in [0, 0.05) is 26.2 Å². The first kappa shape index (κ1) is 46.7. The van der Waals surface area contributed by atoms with Crippen molar-refractivity contribution in [1.29, 1.82) is 0 Å². The lowest BCUT2D eigenvalue weighted by Crippen LogP contribution is -2.43.